The van der Waals surface area contributed by atoms with E-state index in [1.54, 1.807) is 25.1 Å². The predicted octanol–water partition coefficient (Wildman–Crippen LogP) is 3.29. The third-order valence-corrected chi connectivity index (χ3v) is 7.88. The van der Waals surface area contributed by atoms with Crippen LogP contribution in [0.1, 0.15) is 37.6 Å². The van der Waals surface area contributed by atoms with Gasteiger partial charge in [-0.3, -0.25) is 9.59 Å². The molecular weight excluding hydrogens is 458 g/mol. The highest BCUT2D eigenvalue weighted by atomic mass is 16.5. The fraction of sp³-hybridized carbons (Fsp3) is 0.370. The fourth-order valence-corrected chi connectivity index (χ4v) is 6.39. The molecule has 3 aliphatic rings. The van der Waals surface area contributed by atoms with Crippen molar-refractivity contribution >= 4 is 34.1 Å². The predicted molar refractivity (Wildman–Crippen MR) is 131 cm³/mol. The number of hydrogen-bond donors (Lipinski definition) is 1. The van der Waals surface area contributed by atoms with Gasteiger partial charge in [0.15, 0.2) is 0 Å². The molecular formula is C27H25N5O4. The number of nitrogen functional groups attached to an aromatic ring is 1. The van der Waals surface area contributed by atoms with E-state index >= 15 is 0 Å². The van der Waals surface area contributed by atoms with E-state index in [0.29, 0.717) is 58.8 Å². The Hall–Kier alpha value is -4.03. The second-order valence-electron chi connectivity index (χ2n) is 10.0. The Balaban J connectivity index is 1.33. The minimum absolute atomic E-state index is 0.246. The maximum Gasteiger partial charge on any atom is 0.240 e. The number of nitriles is 1. The molecule has 1 aromatic heterocycles. The van der Waals surface area contributed by atoms with Crippen molar-refractivity contribution in [2.75, 3.05) is 17.2 Å². The number of aromatic nitrogens is 2. The minimum Gasteiger partial charge on any atom is -0.477 e. The van der Waals surface area contributed by atoms with E-state index in [1.807, 2.05) is 31.2 Å². The number of carbonyl (C=O) groups is 2. The van der Waals surface area contributed by atoms with E-state index in [0.717, 1.165) is 0 Å². The Morgan fingerprint density at radius 3 is 2.64 bits per heavy atom. The van der Waals surface area contributed by atoms with Crippen molar-refractivity contribution in [3.05, 3.63) is 53.9 Å². The number of fused-ring (bicyclic) bond motifs is 6. The molecule has 2 amide bonds. The third kappa shape index (κ3) is 3.11. The normalized spacial score (nSPS) is 28.5. The second-order valence-corrected chi connectivity index (χ2v) is 10.0. The van der Waals surface area contributed by atoms with Gasteiger partial charge in [-0.2, -0.15) is 10.2 Å². The van der Waals surface area contributed by atoms with Crippen LogP contribution in [0.5, 0.6) is 5.88 Å². The molecule has 36 heavy (non-hydrogen) atoms. The highest BCUT2D eigenvalue weighted by molar-refractivity contribution is 6.26. The quantitative estimate of drug-likeness (QED) is 0.547. The van der Waals surface area contributed by atoms with Gasteiger partial charge in [0.2, 0.25) is 17.7 Å². The molecule has 6 rings (SSSR count). The van der Waals surface area contributed by atoms with Crippen LogP contribution in [0.3, 0.4) is 0 Å². The first-order chi connectivity index (χ1) is 17.3. The molecule has 4 heterocycles. The van der Waals surface area contributed by atoms with Gasteiger partial charge in [-0.05, 0) is 38.8 Å². The van der Waals surface area contributed by atoms with Gasteiger partial charge in [0.25, 0.3) is 0 Å². The molecule has 0 radical (unpaired) electrons. The largest absolute Gasteiger partial charge is 0.477 e. The van der Waals surface area contributed by atoms with E-state index in [9.17, 15) is 14.9 Å². The average molecular weight is 484 g/mol. The summed E-state index contributed by atoms with van der Waals surface area (Å²) in [4.78, 5) is 37.4. The summed E-state index contributed by atoms with van der Waals surface area (Å²) in [6.45, 7) is 3.93. The van der Waals surface area contributed by atoms with Crippen LogP contribution < -0.4 is 15.4 Å². The molecule has 2 aromatic carbocycles. The zero-order valence-corrected chi connectivity index (χ0v) is 20.0. The number of anilines is 2. The highest BCUT2D eigenvalue weighted by Gasteiger charge is 2.73. The molecule has 9 heteroatoms. The molecule has 4 atom stereocenters. The average Bonchev–Trinajstić information content (AvgIpc) is 3.42. The van der Waals surface area contributed by atoms with E-state index in [4.69, 9.17) is 15.2 Å². The number of imide groups is 1. The summed E-state index contributed by atoms with van der Waals surface area (Å²) in [6.07, 6.45) is 1.79. The first-order valence-electron chi connectivity index (χ1n) is 12.0. The van der Waals surface area contributed by atoms with Crippen LogP contribution in [0.4, 0.5) is 11.5 Å². The number of nitrogens with zero attached hydrogens (tertiary/aromatic N) is 4. The van der Waals surface area contributed by atoms with Gasteiger partial charge in [0.1, 0.15) is 11.6 Å². The lowest BCUT2D eigenvalue weighted by Gasteiger charge is -2.31. The Morgan fingerprint density at radius 1 is 1.14 bits per heavy atom. The van der Waals surface area contributed by atoms with Gasteiger partial charge in [-0.15, -0.1) is 0 Å². The molecule has 0 aliphatic carbocycles. The number of aryl methyl sites for hydroxylation is 1. The molecule has 0 spiro atoms. The summed E-state index contributed by atoms with van der Waals surface area (Å²) in [7, 11) is 0. The van der Waals surface area contributed by atoms with E-state index < -0.39 is 23.0 Å². The van der Waals surface area contributed by atoms with Gasteiger partial charge in [0, 0.05) is 23.3 Å². The van der Waals surface area contributed by atoms with Gasteiger partial charge in [0.05, 0.1) is 47.0 Å². The summed E-state index contributed by atoms with van der Waals surface area (Å²) >= 11 is 0. The maximum absolute atomic E-state index is 13.9. The topological polar surface area (TPSA) is 131 Å². The Kier molecular flexibility index (Phi) is 4.82. The van der Waals surface area contributed by atoms with Crippen molar-refractivity contribution in [2.45, 2.75) is 44.3 Å². The third-order valence-electron chi connectivity index (χ3n) is 7.88. The standard InChI is InChI=1S/C27H25N5O4/c1-15-30-20(29)13-21(31-15)35-12-11-27-10-9-26(2,36-27)22-23(27)25(34)32(24(22)33)19-8-7-16(14-28)17-5-3-4-6-18(17)19/h3-8,13,22-23H,9-12H2,1-2H3,(H2,29,30,31). The summed E-state index contributed by atoms with van der Waals surface area (Å²) < 4.78 is 12.4. The van der Waals surface area contributed by atoms with Gasteiger partial charge >= 0.3 is 0 Å². The lowest BCUT2D eigenvalue weighted by Crippen LogP contribution is -2.43. The maximum atomic E-state index is 13.9. The smallest absolute Gasteiger partial charge is 0.240 e. The van der Waals surface area contributed by atoms with Crippen LogP contribution in [0, 0.1) is 30.1 Å². The molecule has 9 nitrogen and oxygen atoms in total. The first-order valence-corrected chi connectivity index (χ1v) is 12.0. The van der Waals surface area contributed by atoms with Crippen LogP contribution in [0.2, 0.25) is 0 Å². The summed E-state index contributed by atoms with van der Waals surface area (Å²) in [5.74, 6) is -0.469. The zero-order chi connectivity index (χ0) is 25.2. The number of benzene rings is 2. The number of rotatable bonds is 5. The van der Waals surface area contributed by atoms with Gasteiger partial charge in [-0.1, -0.05) is 24.3 Å². The van der Waals surface area contributed by atoms with E-state index in [1.165, 1.54) is 4.90 Å². The summed E-state index contributed by atoms with van der Waals surface area (Å²) in [5, 5.41) is 10.9. The SMILES string of the molecule is Cc1nc(N)cc(OCCC23CCC(C)(O2)C2C(=O)N(c4ccc(C#N)c5ccccc45)C(=O)C23)n1. The first kappa shape index (κ1) is 22.4. The number of ether oxygens (including phenoxy) is 2. The van der Waals surface area contributed by atoms with Crippen LogP contribution in [-0.4, -0.2) is 39.6 Å². The van der Waals surface area contributed by atoms with Gasteiger partial charge in [-0.25, -0.2) is 9.88 Å². The molecule has 0 saturated carbocycles. The molecule has 3 fully saturated rings. The van der Waals surface area contributed by atoms with Crippen molar-refractivity contribution in [3.8, 4) is 11.9 Å². The van der Waals surface area contributed by atoms with Gasteiger partial charge < -0.3 is 15.2 Å². The lowest BCUT2D eigenvalue weighted by atomic mass is 9.67. The lowest BCUT2D eigenvalue weighted by molar-refractivity contribution is -0.131. The molecule has 2 bridgehead atoms. The molecule has 4 unspecified atom stereocenters. The van der Waals surface area contributed by atoms with E-state index in [2.05, 4.69) is 16.0 Å². The number of amides is 2. The van der Waals surface area contributed by atoms with Crippen molar-refractivity contribution in [2.24, 2.45) is 11.8 Å². The number of hydrogen-bond acceptors (Lipinski definition) is 8. The van der Waals surface area contributed by atoms with Crippen LogP contribution in [0.25, 0.3) is 10.8 Å². The van der Waals surface area contributed by atoms with Crippen LogP contribution in [0.15, 0.2) is 42.5 Å². The fourth-order valence-electron chi connectivity index (χ4n) is 6.39. The minimum atomic E-state index is -0.795. The molecule has 182 valence electrons. The Labute approximate surface area is 207 Å². The Bertz CT molecular complexity index is 1460. The molecule has 3 aliphatic heterocycles. The monoisotopic (exact) mass is 483 g/mol. The molecule has 2 N–H and O–H groups in total. The second kappa shape index (κ2) is 7.73. The summed E-state index contributed by atoms with van der Waals surface area (Å²) in [6, 6.07) is 14.5. The van der Waals surface area contributed by atoms with E-state index in [-0.39, 0.29) is 18.4 Å². The Morgan fingerprint density at radius 2 is 1.89 bits per heavy atom. The van der Waals surface area contributed by atoms with Crippen LogP contribution >= 0.6 is 0 Å². The van der Waals surface area contributed by atoms with Crippen molar-refractivity contribution in [1.82, 2.24) is 9.97 Å². The molecule has 3 aromatic rings. The van der Waals surface area contributed by atoms with Crippen molar-refractivity contribution in [1.29, 1.82) is 5.26 Å². The molecule has 3 saturated heterocycles. The number of nitrogens with two attached hydrogens (primary N) is 1. The van der Waals surface area contributed by atoms with Crippen LogP contribution in [-0.2, 0) is 14.3 Å². The zero-order valence-electron chi connectivity index (χ0n) is 20.0. The highest BCUT2D eigenvalue weighted by Crippen LogP contribution is 2.62. The van der Waals surface area contributed by atoms with Crippen molar-refractivity contribution < 1.29 is 19.1 Å². The number of carbonyl (C=O) groups excluding carboxylic acids is 2. The van der Waals surface area contributed by atoms with Crippen molar-refractivity contribution in [3.63, 3.8) is 0 Å². The summed E-state index contributed by atoms with van der Waals surface area (Å²) in [5.41, 5.74) is 5.30.